The fourth-order valence-corrected chi connectivity index (χ4v) is 4.23. The van der Waals surface area contributed by atoms with Crippen LogP contribution in [-0.4, -0.2) is 41.7 Å². The van der Waals surface area contributed by atoms with Crippen LogP contribution in [0.3, 0.4) is 0 Å². The van der Waals surface area contributed by atoms with Crippen LogP contribution in [0.15, 0.2) is 47.9 Å². The first-order valence-electron chi connectivity index (χ1n) is 10.7. The van der Waals surface area contributed by atoms with E-state index in [4.69, 9.17) is 44.9 Å². The highest BCUT2D eigenvalue weighted by molar-refractivity contribution is 7.81. The van der Waals surface area contributed by atoms with Crippen molar-refractivity contribution in [1.29, 1.82) is 0 Å². The minimum absolute atomic E-state index is 0.244. The summed E-state index contributed by atoms with van der Waals surface area (Å²) in [5, 5.41) is 10.0. The van der Waals surface area contributed by atoms with Crippen LogP contribution >= 0.6 is 35.4 Å². The fourth-order valence-electron chi connectivity index (χ4n) is 3.55. The number of nitrogens with zero attached hydrogens (tertiary/aromatic N) is 1. The van der Waals surface area contributed by atoms with E-state index in [2.05, 4.69) is 20.9 Å². The Labute approximate surface area is 207 Å². The number of anilines is 1. The third-order valence-electron chi connectivity index (χ3n) is 5.47. The molecule has 3 N–H and O–H groups in total. The van der Waals surface area contributed by atoms with Crippen molar-refractivity contribution >= 4 is 52.0 Å². The summed E-state index contributed by atoms with van der Waals surface area (Å²) >= 11 is 17.9. The highest BCUT2D eigenvalue weighted by Gasteiger charge is 2.25. The van der Waals surface area contributed by atoms with Gasteiger partial charge in [0, 0.05) is 50.0 Å². The first kappa shape index (κ1) is 23.8. The average molecular weight is 507 g/mol. The third kappa shape index (κ3) is 5.95. The van der Waals surface area contributed by atoms with E-state index in [9.17, 15) is 4.79 Å². The van der Waals surface area contributed by atoms with E-state index in [1.54, 1.807) is 30.6 Å². The number of hydrogen-bond acceptors (Lipinski definition) is 6. The molecule has 33 heavy (non-hydrogen) atoms. The van der Waals surface area contributed by atoms with Crippen molar-refractivity contribution in [2.45, 2.75) is 31.9 Å². The molecule has 0 bridgehead atoms. The summed E-state index contributed by atoms with van der Waals surface area (Å²) in [6, 6.07) is 7.10. The van der Waals surface area contributed by atoms with E-state index in [1.165, 1.54) is 0 Å². The number of amides is 1. The molecule has 0 spiro atoms. The molecule has 0 radical (unpaired) electrons. The SMILES string of the molecule is O=C1NCCC(NCc2ccncc2OCCC2CCO2)=C1C(=S)Nc1cccc(Cl)c1Cl. The zero-order valence-corrected chi connectivity index (χ0v) is 20.2. The van der Waals surface area contributed by atoms with Crippen molar-refractivity contribution in [2.75, 3.05) is 25.1 Å². The number of pyridine rings is 1. The molecule has 2 aliphatic rings. The van der Waals surface area contributed by atoms with Gasteiger partial charge < -0.3 is 25.4 Å². The van der Waals surface area contributed by atoms with Gasteiger partial charge in [-0.15, -0.1) is 0 Å². The van der Waals surface area contributed by atoms with Gasteiger partial charge in [0.15, 0.2) is 0 Å². The molecule has 0 saturated carbocycles. The maximum absolute atomic E-state index is 12.7. The lowest BCUT2D eigenvalue weighted by Gasteiger charge is -2.26. The van der Waals surface area contributed by atoms with Gasteiger partial charge in [0.1, 0.15) is 10.7 Å². The predicted octanol–water partition coefficient (Wildman–Crippen LogP) is 4.25. The van der Waals surface area contributed by atoms with Crippen LogP contribution in [0.25, 0.3) is 0 Å². The van der Waals surface area contributed by atoms with Gasteiger partial charge in [-0.25, -0.2) is 0 Å². The van der Waals surface area contributed by atoms with Crippen molar-refractivity contribution < 1.29 is 14.3 Å². The summed E-state index contributed by atoms with van der Waals surface area (Å²) in [5.74, 6) is 0.462. The number of hydrogen-bond donors (Lipinski definition) is 3. The van der Waals surface area contributed by atoms with Gasteiger partial charge in [-0.05, 0) is 24.6 Å². The third-order valence-corrected chi connectivity index (χ3v) is 6.59. The molecule has 1 amide bonds. The molecule has 2 aromatic rings. The molecule has 4 rings (SSSR count). The Morgan fingerprint density at radius 3 is 2.97 bits per heavy atom. The van der Waals surface area contributed by atoms with Crippen molar-refractivity contribution in [2.24, 2.45) is 0 Å². The number of rotatable bonds is 9. The highest BCUT2D eigenvalue weighted by atomic mass is 35.5. The van der Waals surface area contributed by atoms with Gasteiger partial charge in [0.25, 0.3) is 5.91 Å². The van der Waals surface area contributed by atoms with Crippen LogP contribution in [0.5, 0.6) is 5.75 Å². The van der Waals surface area contributed by atoms with E-state index in [0.29, 0.717) is 59.3 Å². The Hall–Kier alpha value is -2.39. The summed E-state index contributed by atoms with van der Waals surface area (Å²) in [6.45, 7) is 2.38. The molecule has 1 aromatic carbocycles. The minimum atomic E-state index is -0.244. The Bertz CT molecular complexity index is 1080. The quantitative estimate of drug-likeness (QED) is 0.438. The number of halogens is 2. The largest absolute Gasteiger partial charge is 0.492 e. The maximum Gasteiger partial charge on any atom is 0.256 e. The number of carbonyl (C=O) groups excluding carboxylic acids is 1. The Balaban J connectivity index is 1.46. The first-order valence-corrected chi connectivity index (χ1v) is 11.9. The molecule has 3 heterocycles. The Morgan fingerprint density at radius 1 is 1.33 bits per heavy atom. The number of carbonyl (C=O) groups is 1. The summed E-state index contributed by atoms with van der Waals surface area (Å²) in [4.78, 5) is 17.1. The van der Waals surface area contributed by atoms with Crippen LogP contribution in [0.4, 0.5) is 5.69 Å². The number of nitrogens with one attached hydrogen (secondary N) is 3. The average Bonchev–Trinajstić information content (AvgIpc) is 2.77. The number of ether oxygens (including phenoxy) is 2. The lowest BCUT2D eigenvalue weighted by molar-refractivity contribution is -0.117. The van der Waals surface area contributed by atoms with E-state index in [1.807, 2.05) is 6.07 Å². The lowest BCUT2D eigenvalue weighted by atomic mass is 10.1. The second-order valence-electron chi connectivity index (χ2n) is 7.67. The van der Waals surface area contributed by atoms with Crippen molar-refractivity contribution in [3.05, 3.63) is 63.5 Å². The predicted molar refractivity (Wildman–Crippen MR) is 133 cm³/mol. The van der Waals surface area contributed by atoms with Crippen molar-refractivity contribution in [3.63, 3.8) is 0 Å². The van der Waals surface area contributed by atoms with Gasteiger partial charge in [0.05, 0.1) is 40.2 Å². The number of aromatic nitrogens is 1. The molecule has 174 valence electrons. The standard InChI is InChI=1S/C23H24Cl2N4O3S/c24-16-2-1-3-18(21(16)25)29-23(33)20-17(5-9-27-22(20)30)28-12-14-4-8-26-13-19(14)32-11-7-15-6-10-31-15/h1-4,8,13,15,28H,5-7,9-12H2,(H,27,30)(H,29,33). The maximum atomic E-state index is 12.7. The second-order valence-corrected chi connectivity index (χ2v) is 8.86. The molecule has 1 unspecified atom stereocenters. The molecule has 10 heteroatoms. The van der Waals surface area contributed by atoms with Crippen LogP contribution in [-0.2, 0) is 16.1 Å². The molecule has 1 atom stereocenters. The minimum Gasteiger partial charge on any atom is -0.492 e. The molecule has 7 nitrogen and oxygen atoms in total. The van der Waals surface area contributed by atoms with E-state index < -0.39 is 0 Å². The summed E-state index contributed by atoms with van der Waals surface area (Å²) in [6.07, 6.45) is 6.26. The number of benzene rings is 1. The summed E-state index contributed by atoms with van der Waals surface area (Å²) < 4.78 is 11.4. The Morgan fingerprint density at radius 2 is 2.18 bits per heavy atom. The molecule has 1 fully saturated rings. The van der Waals surface area contributed by atoms with Crippen LogP contribution < -0.4 is 20.7 Å². The van der Waals surface area contributed by atoms with E-state index in [0.717, 1.165) is 30.7 Å². The molecular formula is C23H24Cl2N4O3S. The van der Waals surface area contributed by atoms with Gasteiger partial charge in [-0.2, -0.15) is 0 Å². The second kappa shape index (κ2) is 11.2. The van der Waals surface area contributed by atoms with Crippen LogP contribution in [0.2, 0.25) is 10.0 Å². The lowest BCUT2D eigenvalue weighted by Crippen LogP contribution is -2.39. The molecule has 1 saturated heterocycles. The zero-order valence-electron chi connectivity index (χ0n) is 17.8. The smallest absolute Gasteiger partial charge is 0.256 e. The molecule has 0 aliphatic carbocycles. The van der Waals surface area contributed by atoms with Gasteiger partial charge >= 0.3 is 0 Å². The van der Waals surface area contributed by atoms with Gasteiger partial charge in [0.2, 0.25) is 0 Å². The summed E-state index contributed by atoms with van der Waals surface area (Å²) in [7, 11) is 0. The number of thiocarbonyl (C=S) groups is 1. The van der Waals surface area contributed by atoms with Gasteiger partial charge in [-0.3, -0.25) is 9.78 Å². The van der Waals surface area contributed by atoms with Crippen LogP contribution in [0, 0.1) is 0 Å². The van der Waals surface area contributed by atoms with Crippen molar-refractivity contribution in [3.8, 4) is 5.75 Å². The summed E-state index contributed by atoms with van der Waals surface area (Å²) in [5.41, 5.74) is 2.61. The normalized spacial score (nSPS) is 17.8. The van der Waals surface area contributed by atoms with E-state index >= 15 is 0 Å². The molecule has 1 aromatic heterocycles. The van der Waals surface area contributed by atoms with E-state index in [-0.39, 0.29) is 10.9 Å². The monoisotopic (exact) mass is 506 g/mol. The first-order chi connectivity index (χ1) is 16.0. The Kier molecular flexibility index (Phi) is 8.03. The fraction of sp³-hybridized carbons (Fsp3) is 0.348. The van der Waals surface area contributed by atoms with Crippen molar-refractivity contribution in [1.82, 2.24) is 15.6 Å². The highest BCUT2D eigenvalue weighted by Crippen LogP contribution is 2.30. The molecular weight excluding hydrogens is 483 g/mol. The topological polar surface area (TPSA) is 84.5 Å². The van der Waals surface area contributed by atoms with Crippen LogP contribution in [0.1, 0.15) is 24.8 Å². The molecule has 2 aliphatic heterocycles. The van der Waals surface area contributed by atoms with Gasteiger partial charge in [-0.1, -0.05) is 41.5 Å². The zero-order chi connectivity index (χ0) is 23.2.